The number of unbranched alkanes of at least 4 members (excludes halogenated alkanes) is 5. The zero-order chi connectivity index (χ0) is 25.6. The third kappa shape index (κ3) is 15.9. The number of hydrogen-bond donors (Lipinski definition) is 0. The van der Waals surface area contributed by atoms with E-state index in [0.717, 1.165) is 39.6 Å². The van der Waals surface area contributed by atoms with Crippen LogP contribution >= 0.6 is 8.16 Å². The van der Waals surface area contributed by atoms with Crippen LogP contribution in [0, 0.1) is 7.14 Å². The molecule has 0 aromatic heterocycles. The Morgan fingerprint density at radius 2 is 1.20 bits per heavy atom. The van der Waals surface area contributed by atoms with Gasteiger partial charge in [-0.25, -0.2) is 0 Å². The molecule has 0 bridgehead atoms. The van der Waals surface area contributed by atoms with Gasteiger partial charge in [-0.05, 0) is 30.7 Å². The third-order valence-corrected chi connectivity index (χ3v) is 7.38. The second-order valence-corrected chi connectivity index (χ2v) is 11.3. The zero-order valence-electron chi connectivity index (χ0n) is 20.1. The van der Waals surface area contributed by atoms with Crippen molar-refractivity contribution in [3.05, 3.63) is 43.5 Å². The fraction of sp³-hybridized carbons (Fsp3) is 0.478. The van der Waals surface area contributed by atoms with E-state index in [1.54, 1.807) is 21.3 Å². The largest absolute Gasteiger partial charge is 1.00 e. The van der Waals surface area contributed by atoms with Crippen molar-refractivity contribution in [2.45, 2.75) is 45.4 Å². The molecule has 0 amide bonds. The van der Waals surface area contributed by atoms with Crippen LogP contribution in [0.2, 0.25) is 0 Å². The number of methoxy groups -OCH3 is 3. The molecule has 0 heterocycles. The first-order chi connectivity index (χ1) is 15.9. The van der Waals surface area contributed by atoms with E-state index >= 15 is 0 Å². The van der Waals surface area contributed by atoms with E-state index in [2.05, 4.69) is 31.2 Å². The molecule has 2 aromatic carbocycles. The molecule has 2 rings (SSSR count). The van der Waals surface area contributed by atoms with Gasteiger partial charge in [0.1, 0.15) is 11.5 Å². The van der Waals surface area contributed by atoms with E-state index in [1.807, 2.05) is 12.1 Å². The van der Waals surface area contributed by atoms with Gasteiger partial charge in [0.05, 0.1) is 27.9 Å². The van der Waals surface area contributed by atoms with Crippen molar-refractivity contribution in [1.29, 1.82) is 0 Å². The fourth-order valence-corrected chi connectivity index (χ4v) is 5.46. The molecule has 0 aliphatic rings. The molecule has 202 valence electrons. The maximum absolute atomic E-state index is 9.84. The van der Waals surface area contributed by atoms with E-state index < -0.39 is 29.4 Å². The number of hydrogen-bond acceptors (Lipinski definition) is 4. The van der Waals surface area contributed by atoms with Gasteiger partial charge in [-0.1, -0.05) is 39.0 Å². The van der Waals surface area contributed by atoms with Crippen LogP contribution in [-0.4, -0.2) is 27.9 Å². The van der Waals surface area contributed by atoms with Crippen LogP contribution in [0.1, 0.15) is 45.4 Å². The summed E-state index contributed by atoms with van der Waals surface area (Å²) in [5.41, 5.74) is 0. The molecule has 0 saturated carbocycles. The van der Waals surface area contributed by atoms with Gasteiger partial charge in [-0.3, -0.25) is 0 Å². The minimum absolute atomic E-state index is 0. The molecule has 0 fully saturated rings. The first-order valence-electron chi connectivity index (χ1n) is 10.7. The molecule has 2 aromatic rings. The quantitative estimate of drug-likeness (QED) is 0.146. The monoisotopic (exact) mass is 644 g/mol. The summed E-state index contributed by atoms with van der Waals surface area (Å²) in [5.74, 6) is 3.30. The van der Waals surface area contributed by atoms with Crippen molar-refractivity contribution in [3.63, 3.8) is 0 Å². The molecule has 0 N–H and O–H groups in total. The molecule has 0 unspecified atom stereocenters. The Morgan fingerprint density at radius 1 is 0.714 bits per heavy atom. The summed E-state index contributed by atoms with van der Waals surface area (Å²) in [6, 6.07) is 12.2. The number of rotatable bonds is 13. The standard InChI is InChI=1S/C23H32IO4.F5P.FH/c1-5-6-7-8-9-10-15-28-19-13-11-18(12-14-19)24-23-21(26-3)16-20(25-2)17-22(23)27-4;1-6(2,3,4)5;/h11-14,16-17H,5-10,15H2,1-4H3;;1H/q+1;;/p-1. The van der Waals surface area contributed by atoms with Gasteiger partial charge in [-0.2, -0.15) is 0 Å². The Labute approximate surface area is 213 Å². The second kappa shape index (κ2) is 16.2. The molecule has 35 heavy (non-hydrogen) atoms. The molecule has 0 radical (unpaired) electrons. The molecule has 0 spiro atoms. The Morgan fingerprint density at radius 3 is 1.66 bits per heavy atom. The number of ether oxygens (including phenoxy) is 4. The van der Waals surface area contributed by atoms with E-state index in [4.69, 9.17) is 18.9 Å². The van der Waals surface area contributed by atoms with Gasteiger partial charge < -0.3 is 23.7 Å². The smallest absolute Gasteiger partial charge is 1.00 e. The third-order valence-electron chi connectivity index (χ3n) is 4.44. The maximum atomic E-state index is 9.84. The average Bonchev–Trinajstić information content (AvgIpc) is 2.77. The molecule has 12 heteroatoms. The Kier molecular flexibility index (Phi) is 15.4. The molecule has 0 aliphatic heterocycles. The average molecular weight is 644 g/mol. The van der Waals surface area contributed by atoms with Crippen LogP contribution in [0.25, 0.3) is 0 Å². The molecular formula is C23H32F6IO4P. The van der Waals surface area contributed by atoms with E-state index in [0.29, 0.717) is 0 Å². The Bertz CT molecular complexity index is 821. The molecule has 0 aliphatic carbocycles. The molecule has 0 saturated heterocycles. The first-order valence-corrected chi connectivity index (χ1v) is 14.6. The SMILES string of the molecule is CCCCCCCCOc1ccc([I+]c2c(OC)cc(OC)cc2OC)cc1.FP(F)(F)(F)F.[F-]. The van der Waals surface area contributed by atoms with Crippen molar-refractivity contribution in [3.8, 4) is 23.0 Å². The first kappa shape index (κ1) is 33.4. The van der Waals surface area contributed by atoms with E-state index in [-0.39, 0.29) is 4.70 Å². The van der Waals surface area contributed by atoms with E-state index in [1.165, 1.54) is 35.7 Å². The van der Waals surface area contributed by atoms with Gasteiger partial charge in [0.15, 0.2) is 15.1 Å². The van der Waals surface area contributed by atoms with Crippen molar-refractivity contribution in [2.24, 2.45) is 0 Å². The number of halogens is 7. The molecule has 0 atom stereocenters. The predicted octanol–water partition coefficient (Wildman–Crippen LogP) is 2.55. The fourth-order valence-electron chi connectivity index (χ4n) is 2.83. The molecular weight excluding hydrogens is 612 g/mol. The van der Waals surface area contributed by atoms with Crippen LogP contribution in [0.4, 0.5) is 21.0 Å². The van der Waals surface area contributed by atoms with Crippen molar-refractivity contribution >= 4 is 8.16 Å². The summed E-state index contributed by atoms with van der Waals surface area (Å²) in [5, 5.41) is 0. The van der Waals surface area contributed by atoms with E-state index in [9.17, 15) is 21.0 Å². The van der Waals surface area contributed by atoms with Crippen LogP contribution in [-0.2, 0) is 0 Å². The van der Waals surface area contributed by atoms with Crippen LogP contribution in [0.15, 0.2) is 36.4 Å². The summed E-state index contributed by atoms with van der Waals surface area (Å²) >= 11 is -0.445. The minimum atomic E-state index is -8.55. The van der Waals surface area contributed by atoms with Gasteiger partial charge >= 0.3 is 50.3 Å². The minimum Gasteiger partial charge on any atom is -1.00 e. The normalized spacial score (nSPS) is 11.7. The van der Waals surface area contributed by atoms with Crippen LogP contribution in [0.5, 0.6) is 23.0 Å². The van der Waals surface area contributed by atoms with Crippen LogP contribution < -0.4 is 44.9 Å². The van der Waals surface area contributed by atoms with Gasteiger partial charge in [0.25, 0.3) is 3.57 Å². The Balaban J connectivity index is 0.00000147. The summed E-state index contributed by atoms with van der Waals surface area (Å²) in [4.78, 5) is 0. The van der Waals surface area contributed by atoms with Gasteiger partial charge in [0.2, 0.25) is 0 Å². The number of benzene rings is 2. The van der Waals surface area contributed by atoms with Gasteiger partial charge in [0, 0.05) is 12.1 Å². The van der Waals surface area contributed by atoms with Gasteiger partial charge in [-0.15, -0.1) is 0 Å². The second-order valence-electron chi connectivity index (χ2n) is 7.15. The Hall–Kier alpha value is -1.62. The topological polar surface area (TPSA) is 36.9 Å². The zero-order valence-corrected chi connectivity index (χ0v) is 23.2. The summed E-state index contributed by atoms with van der Waals surface area (Å²) in [6.07, 6.45) is 7.66. The summed E-state index contributed by atoms with van der Waals surface area (Å²) < 4.78 is 73.9. The maximum Gasteiger partial charge on any atom is -1.00 e. The van der Waals surface area contributed by atoms with Crippen molar-refractivity contribution in [1.82, 2.24) is 0 Å². The summed E-state index contributed by atoms with van der Waals surface area (Å²) in [7, 11) is -3.54. The van der Waals surface area contributed by atoms with Crippen LogP contribution in [0.3, 0.4) is 0 Å². The molecule has 4 nitrogen and oxygen atoms in total. The van der Waals surface area contributed by atoms with Crippen molar-refractivity contribution < 1.29 is 65.8 Å². The van der Waals surface area contributed by atoms with Crippen molar-refractivity contribution in [2.75, 3.05) is 27.9 Å². The predicted molar refractivity (Wildman–Crippen MR) is 121 cm³/mol. The summed E-state index contributed by atoms with van der Waals surface area (Å²) in [6.45, 7) is 3.04.